The fourth-order valence-electron chi connectivity index (χ4n) is 2.54. The van der Waals surface area contributed by atoms with E-state index in [-0.39, 0.29) is 5.78 Å². The highest BCUT2D eigenvalue weighted by Gasteiger charge is 2.21. The molecule has 0 saturated heterocycles. The molecule has 1 aliphatic carbocycles. The summed E-state index contributed by atoms with van der Waals surface area (Å²) < 4.78 is 0. The van der Waals surface area contributed by atoms with Crippen LogP contribution in [0.3, 0.4) is 0 Å². The zero-order valence-corrected chi connectivity index (χ0v) is 11.1. The molecule has 1 fully saturated rings. The fourth-order valence-corrected chi connectivity index (χ4v) is 2.54. The van der Waals surface area contributed by atoms with Crippen LogP contribution < -0.4 is 0 Å². The lowest BCUT2D eigenvalue weighted by Crippen LogP contribution is -2.11. The Morgan fingerprint density at radius 1 is 1.21 bits per heavy atom. The Labute approximate surface area is 113 Å². The molecule has 0 radical (unpaired) electrons. The first kappa shape index (κ1) is 12.1. The number of ketones is 1. The molecule has 2 nitrogen and oxygen atoms in total. The van der Waals surface area contributed by atoms with Crippen LogP contribution in [-0.4, -0.2) is 10.8 Å². The molecule has 0 atom stereocenters. The van der Waals surface area contributed by atoms with E-state index in [4.69, 9.17) is 0 Å². The summed E-state index contributed by atoms with van der Waals surface area (Å²) in [6.45, 7) is 1.93. The van der Waals surface area contributed by atoms with Gasteiger partial charge in [-0.2, -0.15) is 0 Å². The van der Waals surface area contributed by atoms with Gasteiger partial charge in [0.05, 0.1) is 0 Å². The van der Waals surface area contributed by atoms with Crippen LogP contribution in [0.25, 0.3) is 0 Å². The molecule has 3 rings (SSSR count). The third-order valence-corrected chi connectivity index (χ3v) is 3.95. The molecule has 2 heteroatoms. The highest BCUT2D eigenvalue weighted by molar-refractivity contribution is 6.08. The maximum Gasteiger partial charge on any atom is 0.211 e. The van der Waals surface area contributed by atoms with Crippen molar-refractivity contribution in [2.45, 2.75) is 32.1 Å². The van der Waals surface area contributed by atoms with E-state index in [9.17, 15) is 4.79 Å². The minimum absolute atomic E-state index is 0.0271. The third kappa shape index (κ3) is 2.30. The van der Waals surface area contributed by atoms with Crippen molar-refractivity contribution in [2.75, 3.05) is 0 Å². The Morgan fingerprint density at radius 3 is 2.74 bits per heavy atom. The molecule has 0 amide bonds. The van der Waals surface area contributed by atoms with Crippen molar-refractivity contribution in [1.82, 2.24) is 4.98 Å². The number of hydrogen-bond acceptors (Lipinski definition) is 2. The van der Waals surface area contributed by atoms with Crippen LogP contribution in [0.4, 0.5) is 0 Å². The Morgan fingerprint density at radius 2 is 2.05 bits per heavy atom. The van der Waals surface area contributed by atoms with Gasteiger partial charge in [0.2, 0.25) is 5.78 Å². The first-order chi connectivity index (χ1) is 9.25. The van der Waals surface area contributed by atoms with Crippen LogP contribution in [0.1, 0.15) is 52.4 Å². The van der Waals surface area contributed by atoms with E-state index in [0.29, 0.717) is 11.6 Å². The summed E-state index contributed by atoms with van der Waals surface area (Å²) >= 11 is 0. The molecule has 0 bridgehead atoms. The zero-order chi connectivity index (χ0) is 13.2. The van der Waals surface area contributed by atoms with Crippen molar-refractivity contribution in [1.29, 1.82) is 0 Å². The Balaban J connectivity index is 1.93. The normalized spacial score (nSPS) is 15.0. The lowest BCUT2D eigenvalue weighted by molar-refractivity contribution is 0.103. The lowest BCUT2D eigenvalue weighted by Gasteiger charge is -2.26. The second kappa shape index (κ2) is 4.96. The van der Waals surface area contributed by atoms with E-state index in [1.165, 1.54) is 24.8 Å². The molecule has 0 spiro atoms. The van der Waals surface area contributed by atoms with Crippen LogP contribution in [0.5, 0.6) is 0 Å². The first-order valence-corrected chi connectivity index (χ1v) is 6.82. The predicted molar refractivity (Wildman–Crippen MR) is 75.4 cm³/mol. The summed E-state index contributed by atoms with van der Waals surface area (Å²) in [5, 5.41) is 0. The molecule has 0 unspecified atom stereocenters. The van der Waals surface area contributed by atoms with Crippen molar-refractivity contribution in [3.63, 3.8) is 0 Å². The van der Waals surface area contributed by atoms with Gasteiger partial charge in [0.25, 0.3) is 0 Å². The van der Waals surface area contributed by atoms with E-state index in [1.807, 2.05) is 37.3 Å². The lowest BCUT2D eigenvalue weighted by atomic mass is 9.79. The largest absolute Gasteiger partial charge is 0.287 e. The van der Waals surface area contributed by atoms with Crippen LogP contribution >= 0.6 is 0 Å². The molecule has 96 valence electrons. The van der Waals surface area contributed by atoms with Crippen LogP contribution in [-0.2, 0) is 0 Å². The maximum absolute atomic E-state index is 12.5. The zero-order valence-electron chi connectivity index (χ0n) is 11.1. The summed E-state index contributed by atoms with van der Waals surface area (Å²) in [7, 11) is 0. The van der Waals surface area contributed by atoms with Crippen molar-refractivity contribution < 1.29 is 4.79 Å². The smallest absolute Gasteiger partial charge is 0.211 e. The second-order valence-electron chi connectivity index (χ2n) is 5.25. The summed E-state index contributed by atoms with van der Waals surface area (Å²) in [6, 6.07) is 11.8. The Bertz CT molecular complexity index is 614. The molecular weight excluding hydrogens is 234 g/mol. The van der Waals surface area contributed by atoms with Gasteiger partial charge in [-0.25, -0.2) is 0 Å². The highest BCUT2D eigenvalue weighted by atomic mass is 16.1. The van der Waals surface area contributed by atoms with Gasteiger partial charge in [-0.05, 0) is 48.9 Å². The number of pyridine rings is 1. The molecule has 0 N–H and O–H groups in total. The molecular formula is C17H17NO. The highest BCUT2D eigenvalue weighted by Crippen LogP contribution is 2.36. The molecule has 1 aromatic heterocycles. The summed E-state index contributed by atoms with van der Waals surface area (Å²) in [6.07, 6.45) is 5.48. The number of carbonyl (C=O) groups excluding carboxylic acids is 1. The minimum Gasteiger partial charge on any atom is -0.287 e. The SMILES string of the molecule is Cc1cccnc1C(=O)c1cccc(C2CCC2)c1. The second-order valence-corrected chi connectivity index (χ2v) is 5.25. The van der Waals surface area contributed by atoms with Gasteiger partial charge in [-0.15, -0.1) is 0 Å². The minimum atomic E-state index is 0.0271. The number of carbonyl (C=O) groups is 1. The third-order valence-electron chi connectivity index (χ3n) is 3.95. The molecule has 2 aromatic rings. The van der Waals surface area contributed by atoms with E-state index >= 15 is 0 Å². The number of hydrogen-bond donors (Lipinski definition) is 0. The molecule has 1 aromatic carbocycles. The molecule has 1 heterocycles. The number of aryl methyl sites for hydroxylation is 1. The van der Waals surface area contributed by atoms with Gasteiger partial charge >= 0.3 is 0 Å². The van der Waals surface area contributed by atoms with Crippen molar-refractivity contribution in [2.24, 2.45) is 0 Å². The Hall–Kier alpha value is -1.96. The average Bonchev–Trinajstić information content (AvgIpc) is 2.37. The maximum atomic E-state index is 12.5. The predicted octanol–water partition coefficient (Wildman–Crippen LogP) is 3.89. The van der Waals surface area contributed by atoms with Gasteiger partial charge < -0.3 is 0 Å². The number of benzene rings is 1. The standard InChI is InChI=1S/C17H17NO/c1-12-5-4-10-18-16(12)17(19)15-9-3-8-14(11-15)13-6-2-7-13/h3-5,8-11,13H,2,6-7H2,1H3. The summed E-state index contributed by atoms with van der Waals surface area (Å²) in [5.41, 5.74) is 3.55. The number of aromatic nitrogens is 1. The summed E-state index contributed by atoms with van der Waals surface area (Å²) in [5.74, 6) is 0.678. The van der Waals surface area contributed by atoms with Gasteiger partial charge in [0, 0.05) is 11.8 Å². The monoisotopic (exact) mass is 251 g/mol. The molecule has 1 saturated carbocycles. The van der Waals surface area contributed by atoms with E-state index in [0.717, 1.165) is 11.1 Å². The van der Waals surface area contributed by atoms with Gasteiger partial charge in [-0.3, -0.25) is 9.78 Å². The van der Waals surface area contributed by atoms with Crippen molar-refractivity contribution >= 4 is 5.78 Å². The van der Waals surface area contributed by atoms with Crippen LogP contribution in [0.2, 0.25) is 0 Å². The average molecular weight is 251 g/mol. The summed E-state index contributed by atoms with van der Waals surface area (Å²) in [4.78, 5) is 16.7. The molecule has 19 heavy (non-hydrogen) atoms. The molecule has 0 aliphatic heterocycles. The van der Waals surface area contributed by atoms with Crippen LogP contribution in [0, 0.1) is 6.92 Å². The van der Waals surface area contributed by atoms with Crippen LogP contribution in [0.15, 0.2) is 42.6 Å². The fraction of sp³-hybridized carbons (Fsp3) is 0.294. The van der Waals surface area contributed by atoms with E-state index in [2.05, 4.69) is 11.1 Å². The van der Waals surface area contributed by atoms with Crippen molar-refractivity contribution in [3.05, 3.63) is 65.0 Å². The van der Waals surface area contributed by atoms with Gasteiger partial charge in [-0.1, -0.05) is 30.7 Å². The van der Waals surface area contributed by atoms with E-state index < -0.39 is 0 Å². The van der Waals surface area contributed by atoms with E-state index in [1.54, 1.807) is 6.20 Å². The Kier molecular flexibility index (Phi) is 3.16. The van der Waals surface area contributed by atoms with Gasteiger partial charge in [0.15, 0.2) is 0 Å². The van der Waals surface area contributed by atoms with Crippen molar-refractivity contribution in [3.8, 4) is 0 Å². The molecule has 1 aliphatic rings. The first-order valence-electron chi connectivity index (χ1n) is 6.82. The van der Waals surface area contributed by atoms with Gasteiger partial charge in [0.1, 0.15) is 5.69 Å². The quantitative estimate of drug-likeness (QED) is 0.775. The number of rotatable bonds is 3. The number of nitrogens with zero attached hydrogens (tertiary/aromatic N) is 1. The topological polar surface area (TPSA) is 30.0 Å².